The predicted octanol–water partition coefficient (Wildman–Crippen LogP) is 0.920. The lowest BCUT2D eigenvalue weighted by atomic mass is 10.3. The zero-order valence-electron chi connectivity index (χ0n) is 7.85. The molecule has 0 aliphatic rings. The molecule has 0 aromatic carbocycles. The zero-order chi connectivity index (χ0) is 9.28. The summed E-state index contributed by atoms with van der Waals surface area (Å²) in [6.07, 6.45) is 0.286. The van der Waals surface area contributed by atoms with Crippen LogP contribution in [0.25, 0.3) is 0 Å². The third-order valence-electron chi connectivity index (χ3n) is 1.06. The van der Waals surface area contributed by atoms with Crippen molar-refractivity contribution in [3.05, 3.63) is 0 Å². The van der Waals surface area contributed by atoms with Crippen LogP contribution >= 0.6 is 0 Å². The number of hydrogen-bond acceptors (Lipinski definition) is 2. The maximum Gasteiger partial charge on any atom is 0.216 e. The summed E-state index contributed by atoms with van der Waals surface area (Å²) in [5.74, 6) is -0.0949. The highest BCUT2D eigenvalue weighted by Gasteiger charge is 1.98. The number of carbonyl (C=O) groups is 1. The second-order valence-corrected chi connectivity index (χ2v) is 2.00. The van der Waals surface area contributed by atoms with E-state index in [2.05, 4.69) is 5.32 Å². The molecule has 0 aromatic rings. The van der Waals surface area contributed by atoms with Crippen molar-refractivity contribution in [2.24, 2.45) is 0 Å². The fourth-order valence-corrected chi connectivity index (χ4v) is 0.406. The molecule has 0 spiro atoms. The fourth-order valence-electron chi connectivity index (χ4n) is 0.406. The van der Waals surface area contributed by atoms with Crippen molar-refractivity contribution in [2.75, 3.05) is 6.54 Å². The Bertz CT molecular complexity index is 94.1. The van der Waals surface area contributed by atoms with Gasteiger partial charge in [0.05, 0.1) is 6.10 Å². The Hall–Kier alpha value is -0.570. The van der Waals surface area contributed by atoms with Crippen LogP contribution < -0.4 is 5.32 Å². The van der Waals surface area contributed by atoms with Gasteiger partial charge in [-0.05, 0) is 6.42 Å². The number of carbonyl (C=O) groups excluding carboxylic acids is 1. The second kappa shape index (κ2) is 9.43. The summed E-state index contributed by atoms with van der Waals surface area (Å²) in [7, 11) is 0. The molecule has 1 unspecified atom stereocenters. The third-order valence-corrected chi connectivity index (χ3v) is 1.06. The van der Waals surface area contributed by atoms with E-state index in [4.69, 9.17) is 5.11 Å². The van der Waals surface area contributed by atoms with Gasteiger partial charge >= 0.3 is 0 Å². The normalized spacial score (nSPS) is 11.0. The molecule has 0 aliphatic heterocycles. The van der Waals surface area contributed by atoms with Crippen LogP contribution in [0.15, 0.2) is 0 Å². The topological polar surface area (TPSA) is 49.3 Å². The van der Waals surface area contributed by atoms with Crippen molar-refractivity contribution in [1.29, 1.82) is 0 Å². The molecule has 68 valence electrons. The Labute approximate surface area is 68.8 Å². The Morgan fingerprint density at radius 1 is 1.55 bits per heavy atom. The predicted molar refractivity (Wildman–Crippen MR) is 46.3 cm³/mol. The van der Waals surface area contributed by atoms with Crippen LogP contribution in [0.2, 0.25) is 0 Å². The number of rotatable bonds is 3. The first kappa shape index (κ1) is 13.1. The molecule has 0 aliphatic carbocycles. The molecule has 11 heavy (non-hydrogen) atoms. The van der Waals surface area contributed by atoms with E-state index in [1.807, 2.05) is 20.8 Å². The van der Waals surface area contributed by atoms with Crippen LogP contribution in [0.3, 0.4) is 0 Å². The lowest BCUT2D eigenvalue weighted by Crippen LogP contribution is -2.29. The summed E-state index contributed by atoms with van der Waals surface area (Å²) >= 11 is 0. The zero-order valence-corrected chi connectivity index (χ0v) is 7.85. The Morgan fingerprint density at radius 3 is 2.27 bits per heavy atom. The van der Waals surface area contributed by atoms with Gasteiger partial charge in [-0.15, -0.1) is 0 Å². The molecule has 1 atom stereocenters. The van der Waals surface area contributed by atoms with Gasteiger partial charge in [0.25, 0.3) is 0 Å². The van der Waals surface area contributed by atoms with Gasteiger partial charge in [0.2, 0.25) is 5.91 Å². The van der Waals surface area contributed by atoms with Gasteiger partial charge in [-0.3, -0.25) is 4.79 Å². The molecule has 3 heteroatoms. The number of aliphatic hydroxyl groups is 1. The molecule has 0 radical (unpaired) electrons. The monoisotopic (exact) mass is 161 g/mol. The first-order chi connectivity index (χ1) is 5.16. The van der Waals surface area contributed by atoms with Crippen LogP contribution in [-0.4, -0.2) is 23.7 Å². The summed E-state index contributed by atoms with van der Waals surface area (Å²) in [5.41, 5.74) is 0. The first-order valence-corrected chi connectivity index (χ1v) is 4.09. The molecule has 0 fully saturated rings. The number of nitrogens with one attached hydrogen (secondary N) is 1. The molecule has 0 heterocycles. The van der Waals surface area contributed by atoms with E-state index in [9.17, 15) is 4.79 Å². The molecular weight excluding hydrogens is 142 g/mol. The average Bonchev–Trinajstić information content (AvgIpc) is 2.04. The van der Waals surface area contributed by atoms with Gasteiger partial charge in [-0.1, -0.05) is 20.8 Å². The molecule has 0 aromatic heterocycles. The average molecular weight is 161 g/mol. The summed E-state index contributed by atoms with van der Waals surface area (Å²) in [6, 6.07) is 0. The number of hydrogen-bond donors (Lipinski definition) is 2. The van der Waals surface area contributed by atoms with Crippen LogP contribution in [0, 0.1) is 0 Å². The quantitative estimate of drug-likeness (QED) is 0.646. The van der Waals surface area contributed by atoms with Gasteiger partial charge in [0.15, 0.2) is 0 Å². The highest BCUT2D eigenvalue weighted by atomic mass is 16.3. The summed E-state index contributed by atoms with van der Waals surface area (Å²) in [4.78, 5) is 10.2. The molecule has 0 rings (SSSR count). The van der Waals surface area contributed by atoms with Crippen molar-refractivity contribution in [2.45, 2.75) is 40.2 Å². The smallest absolute Gasteiger partial charge is 0.216 e. The molecule has 0 saturated carbocycles. The van der Waals surface area contributed by atoms with Crippen LogP contribution in [0.4, 0.5) is 0 Å². The molecule has 1 amide bonds. The van der Waals surface area contributed by atoms with Gasteiger partial charge in [-0.2, -0.15) is 0 Å². The maximum absolute atomic E-state index is 10.2. The van der Waals surface area contributed by atoms with Crippen LogP contribution in [0.5, 0.6) is 0 Å². The highest BCUT2D eigenvalue weighted by Crippen LogP contribution is 1.85. The fraction of sp³-hybridized carbons (Fsp3) is 0.875. The van der Waals surface area contributed by atoms with Gasteiger partial charge in [0.1, 0.15) is 0 Å². The van der Waals surface area contributed by atoms with E-state index >= 15 is 0 Å². The first-order valence-electron chi connectivity index (χ1n) is 4.09. The molecule has 3 nitrogen and oxygen atoms in total. The van der Waals surface area contributed by atoms with E-state index in [1.54, 1.807) is 0 Å². The molecular formula is C8H19NO2. The maximum atomic E-state index is 10.2. The molecule has 0 bridgehead atoms. The minimum Gasteiger partial charge on any atom is -0.391 e. The Morgan fingerprint density at radius 2 is 2.00 bits per heavy atom. The second-order valence-electron chi connectivity index (χ2n) is 2.00. The molecule has 0 saturated heterocycles. The number of aliphatic hydroxyl groups excluding tert-OH is 1. The largest absolute Gasteiger partial charge is 0.391 e. The van der Waals surface area contributed by atoms with Crippen molar-refractivity contribution < 1.29 is 9.90 Å². The van der Waals surface area contributed by atoms with Gasteiger partial charge < -0.3 is 10.4 Å². The minimum atomic E-state index is -0.395. The Balaban J connectivity index is 0. The van der Waals surface area contributed by atoms with Crippen molar-refractivity contribution in [3.63, 3.8) is 0 Å². The summed E-state index contributed by atoms with van der Waals surface area (Å²) in [5, 5.41) is 11.4. The lowest BCUT2D eigenvalue weighted by molar-refractivity contribution is -0.119. The van der Waals surface area contributed by atoms with Crippen LogP contribution in [0.1, 0.15) is 34.1 Å². The van der Waals surface area contributed by atoms with E-state index in [0.717, 1.165) is 0 Å². The van der Waals surface area contributed by atoms with E-state index in [-0.39, 0.29) is 5.91 Å². The van der Waals surface area contributed by atoms with E-state index in [0.29, 0.717) is 13.0 Å². The van der Waals surface area contributed by atoms with Crippen molar-refractivity contribution in [1.82, 2.24) is 5.32 Å². The SMILES string of the molecule is CC.CCC(O)CNC(C)=O. The van der Waals surface area contributed by atoms with E-state index in [1.165, 1.54) is 6.92 Å². The summed E-state index contributed by atoms with van der Waals surface area (Å²) < 4.78 is 0. The van der Waals surface area contributed by atoms with Crippen molar-refractivity contribution >= 4 is 5.91 Å². The lowest BCUT2D eigenvalue weighted by Gasteiger charge is -2.06. The number of amides is 1. The Kier molecular flexibility index (Phi) is 11.2. The van der Waals surface area contributed by atoms with Gasteiger partial charge in [-0.25, -0.2) is 0 Å². The minimum absolute atomic E-state index is 0.0949. The molecule has 2 N–H and O–H groups in total. The summed E-state index contributed by atoms with van der Waals surface area (Å²) in [6.45, 7) is 7.67. The highest BCUT2D eigenvalue weighted by molar-refractivity contribution is 5.72. The van der Waals surface area contributed by atoms with Gasteiger partial charge in [0, 0.05) is 13.5 Å². The standard InChI is InChI=1S/C6H13NO2.C2H6/c1-3-6(9)4-7-5(2)8;1-2/h6,9H,3-4H2,1-2H3,(H,7,8);1-2H3. The van der Waals surface area contributed by atoms with Crippen molar-refractivity contribution in [3.8, 4) is 0 Å². The third kappa shape index (κ3) is 12.6. The van der Waals surface area contributed by atoms with Crippen LogP contribution in [-0.2, 0) is 4.79 Å². The van der Waals surface area contributed by atoms with E-state index < -0.39 is 6.10 Å².